The first kappa shape index (κ1) is 15.8. The highest BCUT2D eigenvalue weighted by atomic mass is 32.1. The minimum atomic E-state index is -0.283. The molecule has 25 heavy (non-hydrogen) atoms. The van der Waals surface area contributed by atoms with Gasteiger partial charge in [0.1, 0.15) is 5.82 Å². The van der Waals surface area contributed by atoms with Crippen molar-refractivity contribution < 1.29 is 9.18 Å². The molecule has 1 saturated heterocycles. The number of nitrogens with one attached hydrogen (secondary N) is 2. The van der Waals surface area contributed by atoms with Crippen molar-refractivity contribution in [3.63, 3.8) is 0 Å². The van der Waals surface area contributed by atoms with Crippen LogP contribution < -0.4 is 5.32 Å². The van der Waals surface area contributed by atoms with E-state index in [2.05, 4.69) is 15.3 Å². The number of aromatic nitrogens is 2. The van der Waals surface area contributed by atoms with Crippen LogP contribution in [0.5, 0.6) is 0 Å². The first-order valence-corrected chi connectivity index (χ1v) is 9.03. The quantitative estimate of drug-likeness (QED) is 0.746. The number of carbonyl (C=O) groups excluding carboxylic acids is 1. The third-order valence-electron chi connectivity index (χ3n) is 4.25. The van der Waals surface area contributed by atoms with Gasteiger partial charge in [-0.3, -0.25) is 0 Å². The third-order valence-corrected chi connectivity index (χ3v) is 4.86. The molecule has 1 aliphatic heterocycles. The zero-order chi connectivity index (χ0) is 17.2. The Bertz CT molecular complexity index is 928. The number of hydrogen-bond donors (Lipinski definition) is 2. The summed E-state index contributed by atoms with van der Waals surface area (Å²) < 4.78 is 14.3. The van der Waals surface area contributed by atoms with Gasteiger partial charge in [-0.15, -0.1) is 11.3 Å². The van der Waals surface area contributed by atoms with Crippen LogP contribution in [0, 0.1) is 5.82 Å². The van der Waals surface area contributed by atoms with Crippen LogP contribution >= 0.6 is 11.3 Å². The van der Waals surface area contributed by atoms with Gasteiger partial charge < -0.3 is 15.2 Å². The summed E-state index contributed by atoms with van der Waals surface area (Å²) in [6.07, 6.45) is 4.57. The molecule has 0 aliphatic carbocycles. The third kappa shape index (κ3) is 3.41. The zero-order valence-electron chi connectivity index (χ0n) is 13.5. The molecular formula is C18H17FN4OS. The van der Waals surface area contributed by atoms with Gasteiger partial charge >= 0.3 is 6.03 Å². The Hall–Kier alpha value is -2.67. The molecule has 0 spiro atoms. The molecule has 2 aromatic heterocycles. The second kappa shape index (κ2) is 6.68. The normalized spacial score (nSPS) is 14.2. The van der Waals surface area contributed by atoms with Gasteiger partial charge in [0.05, 0.1) is 17.7 Å². The van der Waals surface area contributed by atoms with E-state index in [-0.39, 0.29) is 11.8 Å². The molecule has 0 unspecified atom stereocenters. The number of halogens is 1. The van der Waals surface area contributed by atoms with Crippen molar-refractivity contribution >= 4 is 40.4 Å². The van der Waals surface area contributed by atoms with Gasteiger partial charge in [-0.05, 0) is 36.8 Å². The Labute approximate surface area is 148 Å². The molecule has 1 aliphatic rings. The fraction of sp³-hybridized carbons (Fsp3) is 0.222. The maximum Gasteiger partial charge on any atom is 0.317 e. The summed E-state index contributed by atoms with van der Waals surface area (Å²) in [4.78, 5) is 21.0. The summed E-state index contributed by atoms with van der Waals surface area (Å²) in [6, 6.07) is 5.09. The SMILES string of the molecule is O=C(NCc1cc2cc(F)c(/C=C/c3cscn3)cc2[nH]1)N1CCC1. The van der Waals surface area contributed by atoms with Gasteiger partial charge in [0.25, 0.3) is 0 Å². The highest BCUT2D eigenvalue weighted by Gasteiger charge is 2.19. The number of aromatic amines is 1. The molecule has 2 amide bonds. The van der Waals surface area contributed by atoms with E-state index in [1.165, 1.54) is 17.4 Å². The summed E-state index contributed by atoms with van der Waals surface area (Å²) in [5, 5.41) is 5.57. The van der Waals surface area contributed by atoms with Crippen LogP contribution in [0.4, 0.5) is 9.18 Å². The Balaban J connectivity index is 1.50. The molecule has 5 nitrogen and oxygen atoms in total. The number of H-pyrrole nitrogens is 1. The Morgan fingerprint density at radius 1 is 1.36 bits per heavy atom. The van der Waals surface area contributed by atoms with E-state index in [0.717, 1.165) is 41.8 Å². The summed E-state index contributed by atoms with van der Waals surface area (Å²) in [6.45, 7) is 2.03. The molecule has 3 aromatic rings. The summed E-state index contributed by atoms with van der Waals surface area (Å²) in [7, 11) is 0. The lowest BCUT2D eigenvalue weighted by molar-refractivity contribution is 0.167. The van der Waals surface area contributed by atoms with E-state index in [4.69, 9.17) is 0 Å². The van der Waals surface area contributed by atoms with E-state index in [1.807, 2.05) is 11.4 Å². The lowest BCUT2D eigenvalue weighted by Crippen LogP contribution is -2.47. The molecule has 0 atom stereocenters. The highest BCUT2D eigenvalue weighted by Crippen LogP contribution is 2.22. The minimum absolute atomic E-state index is 0.0528. The standard InChI is InChI=1S/C18H17FN4OS/c19-16-7-13-6-15(9-20-18(24)23-4-1-5-23)22-17(13)8-12(16)2-3-14-10-25-11-21-14/h2-3,6-8,10-11,22H,1,4-5,9H2,(H,20,24)/b3-2+. The summed E-state index contributed by atoms with van der Waals surface area (Å²) in [5.74, 6) is -0.283. The van der Waals surface area contributed by atoms with Gasteiger partial charge in [0.15, 0.2) is 0 Å². The first-order chi connectivity index (χ1) is 12.2. The van der Waals surface area contributed by atoms with Crippen molar-refractivity contribution in [3.05, 3.63) is 51.9 Å². The maximum atomic E-state index is 14.3. The number of nitrogens with zero attached hydrogens (tertiary/aromatic N) is 2. The molecular weight excluding hydrogens is 339 g/mol. The maximum absolute atomic E-state index is 14.3. The molecule has 0 radical (unpaired) electrons. The zero-order valence-corrected chi connectivity index (χ0v) is 14.3. The molecule has 3 heterocycles. The van der Waals surface area contributed by atoms with Crippen LogP contribution in [-0.2, 0) is 6.54 Å². The van der Waals surface area contributed by atoms with Gasteiger partial charge in [0.2, 0.25) is 0 Å². The predicted molar refractivity (Wildman–Crippen MR) is 97.7 cm³/mol. The molecule has 1 aromatic carbocycles. The Morgan fingerprint density at radius 2 is 2.24 bits per heavy atom. The average molecular weight is 356 g/mol. The molecule has 1 fully saturated rings. The van der Waals surface area contributed by atoms with E-state index in [1.54, 1.807) is 28.6 Å². The van der Waals surface area contributed by atoms with Crippen LogP contribution in [0.2, 0.25) is 0 Å². The van der Waals surface area contributed by atoms with Crippen molar-refractivity contribution in [2.24, 2.45) is 0 Å². The number of benzene rings is 1. The van der Waals surface area contributed by atoms with Crippen molar-refractivity contribution in [1.82, 2.24) is 20.2 Å². The van der Waals surface area contributed by atoms with Crippen LogP contribution in [0.25, 0.3) is 23.1 Å². The predicted octanol–water partition coefficient (Wildman–Crippen LogP) is 3.85. The van der Waals surface area contributed by atoms with Gasteiger partial charge in [-0.25, -0.2) is 14.2 Å². The first-order valence-electron chi connectivity index (χ1n) is 8.09. The number of hydrogen-bond acceptors (Lipinski definition) is 3. The molecule has 2 N–H and O–H groups in total. The van der Waals surface area contributed by atoms with Gasteiger partial charge in [0, 0.05) is 40.6 Å². The average Bonchev–Trinajstić information content (AvgIpc) is 3.17. The number of rotatable bonds is 4. The fourth-order valence-corrected chi connectivity index (χ4v) is 3.26. The topological polar surface area (TPSA) is 61.0 Å². The summed E-state index contributed by atoms with van der Waals surface area (Å²) >= 11 is 1.50. The van der Waals surface area contributed by atoms with E-state index < -0.39 is 0 Å². The monoisotopic (exact) mass is 356 g/mol. The van der Waals surface area contributed by atoms with Crippen LogP contribution in [0.1, 0.15) is 23.4 Å². The number of thiazole rings is 1. The summed E-state index contributed by atoms with van der Waals surface area (Å²) in [5.41, 5.74) is 4.74. The largest absolute Gasteiger partial charge is 0.357 e. The van der Waals surface area contributed by atoms with Crippen LogP contribution in [-0.4, -0.2) is 34.0 Å². The number of fused-ring (bicyclic) bond motifs is 1. The number of carbonyl (C=O) groups is 1. The fourth-order valence-electron chi connectivity index (χ4n) is 2.73. The minimum Gasteiger partial charge on any atom is -0.357 e. The molecule has 0 saturated carbocycles. The number of urea groups is 1. The molecule has 128 valence electrons. The van der Waals surface area contributed by atoms with Crippen molar-refractivity contribution in [2.45, 2.75) is 13.0 Å². The second-order valence-electron chi connectivity index (χ2n) is 6.00. The lowest BCUT2D eigenvalue weighted by atomic mass is 10.1. The van der Waals surface area contributed by atoms with Crippen LogP contribution in [0.15, 0.2) is 29.1 Å². The second-order valence-corrected chi connectivity index (χ2v) is 6.72. The van der Waals surface area contributed by atoms with Crippen molar-refractivity contribution in [2.75, 3.05) is 13.1 Å². The molecule has 4 rings (SSSR count). The highest BCUT2D eigenvalue weighted by molar-refractivity contribution is 7.07. The molecule has 0 bridgehead atoms. The van der Waals surface area contributed by atoms with Gasteiger partial charge in [-0.2, -0.15) is 0 Å². The van der Waals surface area contributed by atoms with E-state index >= 15 is 0 Å². The Morgan fingerprint density at radius 3 is 2.96 bits per heavy atom. The van der Waals surface area contributed by atoms with Crippen molar-refractivity contribution in [3.8, 4) is 0 Å². The lowest BCUT2D eigenvalue weighted by Gasteiger charge is -2.30. The number of amides is 2. The molecule has 7 heteroatoms. The Kier molecular flexibility index (Phi) is 4.23. The van der Waals surface area contributed by atoms with Crippen molar-refractivity contribution in [1.29, 1.82) is 0 Å². The van der Waals surface area contributed by atoms with Crippen LogP contribution in [0.3, 0.4) is 0 Å². The van der Waals surface area contributed by atoms with Gasteiger partial charge in [-0.1, -0.05) is 0 Å². The van der Waals surface area contributed by atoms with E-state index in [9.17, 15) is 9.18 Å². The number of likely N-dealkylation sites (tertiary alicyclic amines) is 1. The van der Waals surface area contributed by atoms with E-state index in [0.29, 0.717) is 12.1 Å². The smallest absolute Gasteiger partial charge is 0.317 e.